The Labute approximate surface area is 127 Å². The molecule has 2 rings (SSSR count). The number of rotatable bonds is 5. The summed E-state index contributed by atoms with van der Waals surface area (Å²) in [6, 6.07) is 5.95. The maximum Gasteiger partial charge on any atom is 0.307 e. The number of halogens is 1. The van der Waals surface area contributed by atoms with Crippen LogP contribution in [0.4, 0.5) is 0 Å². The second-order valence-electron chi connectivity index (χ2n) is 5.20. The van der Waals surface area contributed by atoms with E-state index >= 15 is 0 Å². The maximum absolute atomic E-state index is 10.9. The molecule has 0 aliphatic rings. The lowest BCUT2D eigenvalue weighted by Gasteiger charge is -2.18. The number of carboxylic acids is 1. The van der Waals surface area contributed by atoms with E-state index in [1.807, 2.05) is 24.1 Å². The number of fused-ring (bicyclic) bond motifs is 1. The van der Waals surface area contributed by atoms with E-state index in [-0.39, 0.29) is 5.92 Å². The average Bonchev–Trinajstić information content (AvgIpc) is 2.68. The number of hydrogen-bond donors (Lipinski definition) is 1. The molecule has 0 aliphatic heterocycles. The van der Waals surface area contributed by atoms with Crippen molar-refractivity contribution in [3.8, 4) is 0 Å². The van der Waals surface area contributed by atoms with E-state index in [9.17, 15) is 4.79 Å². The lowest BCUT2D eigenvalue weighted by Crippen LogP contribution is -2.28. The molecule has 1 N–H and O–H groups in total. The largest absolute Gasteiger partial charge is 0.481 e. The normalized spacial score (nSPS) is 13.1. The molecule has 1 unspecified atom stereocenters. The van der Waals surface area contributed by atoms with Crippen LogP contribution < -0.4 is 0 Å². The number of benzene rings is 1. The standard InChI is InChI=1S/C15H18ClNO2S/c1-9(15(18)19)7-17(3)8-13-10(2)11-5-4-6-12(16)14(11)20-13/h4-6,9H,7-8H2,1-3H3,(H,18,19). The molecule has 1 aromatic heterocycles. The fraction of sp³-hybridized carbons (Fsp3) is 0.400. The molecule has 0 radical (unpaired) electrons. The van der Waals surface area contributed by atoms with E-state index in [1.165, 1.54) is 15.8 Å². The van der Waals surface area contributed by atoms with E-state index in [4.69, 9.17) is 16.7 Å². The predicted molar refractivity (Wildman–Crippen MR) is 84.7 cm³/mol. The third-order valence-electron chi connectivity index (χ3n) is 3.44. The van der Waals surface area contributed by atoms with Crippen molar-refractivity contribution in [1.29, 1.82) is 0 Å². The molecule has 3 nitrogen and oxygen atoms in total. The second-order valence-corrected chi connectivity index (χ2v) is 6.72. The molecule has 0 fully saturated rings. The highest BCUT2D eigenvalue weighted by Crippen LogP contribution is 2.36. The minimum Gasteiger partial charge on any atom is -0.481 e. The van der Waals surface area contributed by atoms with Crippen molar-refractivity contribution in [3.63, 3.8) is 0 Å². The average molecular weight is 312 g/mol. The highest BCUT2D eigenvalue weighted by molar-refractivity contribution is 7.20. The highest BCUT2D eigenvalue weighted by Gasteiger charge is 2.16. The molecule has 5 heteroatoms. The summed E-state index contributed by atoms with van der Waals surface area (Å²) in [5, 5.41) is 10.9. The number of aliphatic carboxylic acids is 1. The first kappa shape index (κ1) is 15.3. The molecule has 1 atom stereocenters. The number of hydrogen-bond acceptors (Lipinski definition) is 3. The fourth-order valence-corrected chi connectivity index (χ4v) is 3.85. The van der Waals surface area contributed by atoms with Gasteiger partial charge in [0.25, 0.3) is 0 Å². The van der Waals surface area contributed by atoms with Crippen LogP contribution >= 0.6 is 22.9 Å². The van der Waals surface area contributed by atoms with Crippen molar-refractivity contribution < 1.29 is 9.90 Å². The number of nitrogens with zero attached hydrogens (tertiary/aromatic N) is 1. The van der Waals surface area contributed by atoms with Gasteiger partial charge in [-0.1, -0.05) is 30.7 Å². The van der Waals surface area contributed by atoms with E-state index in [0.29, 0.717) is 6.54 Å². The van der Waals surface area contributed by atoms with E-state index in [0.717, 1.165) is 16.3 Å². The summed E-state index contributed by atoms with van der Waals surface area (Å²) in [5.41, 5.74) is 1.24. The van der Waals surface area contributed by atoms with Crippen LogP contribution in [0.3, 0.4) is 0 Å². The predicted octanol–water partition coefficient (Wildman–Crippen LogP) is 4.02. The Hall–Kier alpha value is -1.10. The Bertz CT molecular complexity index is 638. The topological polar surface area (TPSA) is 40.5 Å². The van der Waals surface area contributed by atoms with Crippen molar-refractivity contribution in [2.45, 2.75) is 20.4 Å². The number of thiophene rings is 1. The number of carbonyl (C=O) groups is 1. The van der Waals surface area contributed by atoms with Gasteiger partial charge in [-0.05, 0) is 31.0 Å². The summed E-state index contributed by atoms with van der Waals surface area (Å²) in [5.74, 6) is -1.12. The van der Waals surface area contributed by atoms with Crippen molar-refractivity contribution in [3.05, 3.63) is 33.7 Å². The van der Waals surface area contributed by atoms with Gasteiger partial charge in [-0.3, -0.25) is 4.79 Å². The first-order valence-electron chi connectivity index (χ1n) is 6.48. The monoisotopic (exact) mass is 311 g/mol. The van der Waals surface area contributed by atoms with Crippen molar-refractivity contribution >= 4 is 39.0 Å². The van der Waals surface area contributed by atoms with Gasteiger partial charge in [-0.15, -0.1) is 11.3 Å². The molecule has 2 aromatic rings. The minimum atomic E-state index is -0.757. The van der Waals surface area contributed by atoms with Gasteiger partial charge in [0.05, 0.1) is 15.6 Å². The molecular weight excluding hydrogens is 294 g/mol. The highest BCUT2D eigenvalue weighted by atomic mass is 35.5. The molecule has 0 saturated heterocycles. The minimum absolute atomic E-state index is 0.363. The van der Waals surface area contributed by atoms with E-state index in [2.05, 4.69) is 13.0 Å². The van der Waals surface area contributed by atoms with Crippen molar-refractivity contribution in [2.24, 2.45) is 5.92 Å². The SMILES string of the molecule is Cc1c(CN(C)CC(C)C(=O)O)sc2c(Cl)cccc12. The third-order valence-corrected chi connectivity index (χ3v) is 5.19. The number of aryl methyl sites for hydroxylation is 1. The molecular formula is C15H18ClNO2S. The van der Waals surface area contributed by atoms with Gasteiger partial charge in [-0.2, -0.15) is 0 Å². The van der Waals surface area contributed by atoms with Gasteiger partial charge in [-0.25, -0.2) is 0 Å². The van der Waals surface area contributed by atoms with Crippen LogP contribution in [-0.4, -0.2) is 29.6 Å². The van der Waals surface area contributed by atoms with Gasteiger partial charge >= 0.3 is 5.97 Å². The quantitative estimate of drug-likeness (QED) is 0.906. The molecule has 1 heterocycles. The molecule has 108 valence electrons. The second kappa shape index (κ2) is 6.12. The van der Waals surface area contributed by atoms with Crippen molar-refractivity contribution in [2.75, 3.05) is 13.6 Å². The summed E-state index contributed by atoms with van der Waals surface area (Å²) >= 11 is 7.92. The molecule has 1 aromatic carbocycles. The Morgan fingerprint density at radius 2 is 2.20 bits per heavy atom. The lowest BCUT2D eigenvalue weighted by atomic mass is 10.1. The Morgan fingerprint density at radius 1 is 1.50 bits per heavy atom. The van der Waals surface area contributed by atoms with Crippen LogP contribution in [0, 0.1) is 12.8 Å². The number of carboxylic acid groups (broad SMARTS) is 1. The zero-order chi connectivity index (χ0) is 14.9. The molecule has 20 heavy (non-hydrogen) atoms. The fourth-order valence-electron chi connectivity index (χ4n) is 2.26. The van der Waals surface area contributed by atoms with Gasteiger partial charge in [0.1, 0.15) is 0 Å². The first-order valence-corrected chi connectivity index (χ1v) is 7.67. The smallest absolute Gasteiger partial charge is 0.307 e. The molecule has 0 saturated carbocycles. The summed E-state index contributed by atoms with van der Waals surface area (Å²) in [6.45, 7) is 5.11. The first-order chi connectivity index (χ1) is 9.40. The third kappa shape index (κ3) is 3.14. The van der Waals surface area contributed by atoms with E-state index in [1.54, 1.807) is 18.3 Å². The van der Waals surface area contributed by atoms with E-state index < -0.39 is 5.97 Å². The summed E-state index contributed by atoms with van der Waals surface area (Å²) in [6.07, 6.45) is 0. The Kier molecular flexibility index (Phi) is 4.68. The zero-order valence-electron chi connectivity index (χ0n) is 11.8. The van der Waals surface area contributed by atoms with Gasteiger partial charge < -0.3 is 10.0 Å². The Balaban J connectivity index is 2.20. The van der Waals surface area contributed by atoms with Crippen LogP contribution in [0.25, 0.3) is 10.1 Å². The molecule has 0 amide bonds. The Morgan fingerprint density at radius 3 is 2.80 bits per heavy atom. The van der Waals surface area contributed by atoms with Crippen LogP contribution in [0.5, 0.6) is 0 Å². The molecule has 0 bridgehead atoms. The van der Waals surface area contributed by atoms with Gasteiger partial charge in [0.2, 0.25) is 0 Å². The summed E-state index contributed by atoms with van der Waals surface area (Å²) < 4.78 is 1.11. The molecule has 0 spiro atoms. The molecule has 0 aliphatic carbocycles. The summed E-state index contributed by atoms with van der Waals surface area (Å²) in [4.78, 5) is 14.2. The van der Waals surface area contributed by atoms with Crippen LogP contribution in [0.2, 0.25) is 5.02 Å². The van der Waals surface area contributed by atoms with Crippen LogP contribution in [0.15, 0.2) is 18.2 Å². The van der Waals surface area contributed by atoms with Gasteiger partial charge in [0.15, 0.2) is 0 Å². The van der Waals surface area contributed by atoms with Gasteiger partial charge in [0, 0.05) is 18.0 Å². The zero-order valence-corrected chi connectivity index (χ0v) is 13.4. The van der Waals surface area contributed by atoms with Crippen molar-refractivity contribution in [1.82, 2.24) is 4.90 Å². The lowest BCUT2D eigenvalue weighted by molar-refractivity contribution is -0.141. The van der Waals surface area contributed by atoms with Crippen LogP contribution in [-0.2, 0) is 11.3 Å². The van der Waals surface area contributed by atoms with Crippen LogP contribution in [0.1, 0.15) is 17.4 Å². The summed E-state index contributed by atoms with van der Waals surface area (Å²) in [7, 11) is 1.95. The maximum atomic E-state index is 10.9.